The van der Waals surface area contributed by atoms with Crippen LogP contribution in [0.1, 0.15) is 38.9 Å². The Morgan fingerprint density at radius 2 is 2.07 bits per heavy atom. The fourth-order valence-corrected chi connectivity index (χ4v) is 2.21. The molecule has 4 nitrogen and oxygen atoms in total. The molecule has 0 radical (unpaired) electrons. The van der Waals surface area contributed by atoms with Crippen molar-refractivity contribution in [2.45, 2.75) is 46.1 Å². The lowest BCUT2D eigenvalue weighted by atomic mass is 9.79. The van der Waals surface area contributed by atoms with E-state index in [4.69, 9.17) is 4.52 Å². The number of hydrogen-bond acceptors (Lipinski definition) is 4. The summed E-state index contributed by atoms with van der Waals surface area (Å²) >= 11 is 0. The molecular formula is C11H19N3O. The van der Waals surface area contributed by atoms with Crippen LogP contribution in [0.2, 0.25) is 0 Å². The minimum atomic E-state index is 0.496. The van der Waals surface area contributed by atoms with Gasteiger partial charge in [0.25, 0.3) is 0 Å². The van der Waals surface area contributed by atoms with Gasteiger partial charge in [-0.25, -0.2) is 0 Å². The Balaban J connectivity index is 1.90. The molecule has 0 aliphatic heterocycles. The summed E-state index contributed by atoms with van der Waals surface area (Å²) in [7, 11) is 0. The zero-order valence-electron chi connectivity index (χ0n) is 9.66. The molecule has 1 N–H and O–H groups in total. The van der Waals surface area contributed by atoms with Gasteiger partial charge < -0.3 is 9.84 Å². The van der Waals surface area contributed by atoms with Gasteiger partial charge in [0, 0.05) is 6.04 Å². The second kappa shape index (κ2) is 4.21. The Kier molecular flexibility index (Phi) is 2.93. The second-order valence-corrected chi connectivity index (χ2v) is 4.76. The van der Waals surface area contributed by atoms with E-state index in [1.807, 2.05) is 6.92 Å². The molecule has 0 saturated heterocycles. The van der Waals surface area contributed by atoms with E-state index in [0.717, 1.165) is 11.8 Å². The Bertz CT molecular complexity index is 323. The van der Waals surface area contributed by atoms with Gasteiger partial charge in [-0.1, -0.05) is 19.0 Å². The zero-order valence-corrected chi connectivity index (χ0v) is 9.66. The fourth-order valence-electron chi connectivity index (χ4n) is 2.21. The van der Waals surface area contributed by atoms with Gasteiger partial charge in [0.1, 0.15) is 0 Å². The summed E-state index contributed by atoms with van der Waals surface area (Å²) in [6.07, 6.45) is 3.68. The van der Waals surface area contributed by atoms with Crippen LogP contribution in [0.3, 0.4) is 0 Å². The maximum atomic E-state index is 5.06. The molecule has 0 amide bonds. The van der Waals surface area contributed by atoms with Gasteiger partial charge in [-0.05, 0) is 38.0 Å². The summed E-state index contributed by atoms with van der Waals surface area (Å²) in [5, 5.41) is 7.08. The number of nitrogens with one attached hydrogen (secondary N) is 1. The van der Waals surface area contributed by atoms with Crippen LogP contribution in [-0.2, 0) is 0 Å². The molecule has 0 spiro atoms. The molecule has 4 heteroatoms. The van der Waals surface area contributed by atoms with Crippen molar-refractivity contribution in [3.63, 3.8) is 0 Å². The van der Waals surface area contributed by atoms with E-state index in [2.05, 4.69) is 29.3 Å². The van der Waals surface area contributed by atoms with Crippen LogP contribution in [0.25, 0.3) is 0 Å². The molecule has 1 aromatic rings. The van der Waals surface area contributed by atoms with Crippen molar-refractivity contribution < 1.29 is 4.52 Å². The largest absolute Gasteiger partial charge is 0.335 e. The zero-order chi connectivity index (χ0) is 10.8. The van der Waals surface area contributed by atoms with Crippen LogP contribution in [0.5, 0.6) is 0 Å². The third kappa shape index (κ3) is 2.49. The molecule has 1 aliphatic carbocycles. The number of rotatable bonds is 2. The van der Waals surface area contributed by atoms with Crippen LogP contribution in [0, 0.1) is 18.8 Å². The van der Waals surface area contributed by atoms with Gasteiger partial charge in [0.05, 0.1) is 0 Å². The van der Waals surface area contributed by atoms with Crippen molar-refractivity contribution in [1.29, 1.82) is 0 Å². The molecule has 0 bridgehead atoms. The lowest BCUT2D eigenvalue weighted by Crippen LogP contribution is -2.30. The summed E-state index contributed by atoms with van der Waals surface area (Å²) < 4.78 is 5.06. The summed E-state index contributed by atoms with van der Waals surface area (Å²) in [6.45, 7) is 6.48. The van der Waals surface area contributed by atoms with Gasteiger partial charge in [-0.2, -0.15) is 4.98 Å². The Morgan fingerprint density at radius 1 is 1.27 bits per heavy atom. The van der Waals surface area contributed by atoms with Gasteiger partial charge in [-0.15, -0.1) is 0 Å². The highest BCUT2D eigenvalue weighted by molar-refractivity contribution is 5.20. The molecule has 84 valence electrons. The molecule has 3 atom stereocenters. The predicted octanol–water partition coefficient (Wildman–Crippen LogP) is 2.61. The van der Waals surface area contributed by atoms with Crippen LogP contribution in [-0.4, -0.2) is 16.2 Å². The molecule has 15 heavy (non-hydrogen) atoms. The monoisotopic (exact) mass is 209 g/mol. The van der Waals surface area contributed by atoms with Crippen molar-refractivity contribution in [3.8, 4) is 0 Å². The van der Waals surface area contributed by atoms with E-state index in [1.165, 1.54) is 19.3 Å². The van der Waals surface area contributed by atoms with E-state index in [0.29, 0.717) is 17.9 Å². The van der Waals surface area contributed by atoms with Crippen molar-refractivity contribution in [2.75, 3.05) is 5.32 Å². The highest BCUT2D eigenvalue weighted by atomic mass is 16.5. The van der Waals surface area contributed by atoms with Crippen LogP contribution in [0.15, 0.2) is 4.52 Å². The van der Waals surface area contributed by atoms with Gasteiger partial charge >= 0.3 is 6.01 Å². The first-order valence-corrected chi connectivity index (χ1v) is 5.72. The van der Waals surface area contributed by atoms with E-state index in [-0.39, 0.29) is 0 Å². The van der Waals surface area contributed by atoms with Crippen molar-refractivity contribution in [2.24, 2.45) is 11.8 Å². The maximum absolute atomic E-state index is 5.06. The van der Waals surface area contributed by atoms with E-state index in [9.17, 15) is 0 Å². The molecule has 1 aromatic heterocycles. The van der Waals surface area contributed by atoms with Crippen LogP contribution < -0.4 is 5.32 Å². The summed E-state index contributed by atoms with van der Waals surface area (Å²) in [5.41, 5.74) is 0. The first kappa shape index (κ1) is 10.5. The van der Waals surface area contributed by atoms with Crippen molar-refractivity contribution in [1.82, 2.24) is 10.1 Å². The highest BCUT2D eigenvalue weighted by Crippen LogP contribution is 2.30. The lowest BCUT2D eigenvalue weighted by Gasteiger charge is -2.31. The standard InChI is InChI=1S/C11H19N3O/c1-7-4-5-10(6-8(7)2)13-11-12-9(3)14-15-11/h7-8,10H,4-6H2,1-3H3,(H,12,13,14). The molecule has 1 saturated carbocycles. The Morgan fingerprint density at radius 3 is 2.67 bits per heavy atom. The summed E-state index contributed by atoms with van der Waals surface area (Å²) in [6, 6.07) is 1.07. The number of anilines is 1. The molecule has 1 fully saturated rings. The first-order chi connectivity index (χ1) is 7.15. The van der Waals surface area contributed by atoms with Crippen LogP contribution in [0.4, 0.5) is 6.01 Å². The minimum absolute atomic E-state index is 0.496. The number of aryl methyl sites for hydroxylation is 1. The Labute approximate surface area is 90.4 Å². The van der Waals surface area contributed by atoms with Gasteiger partial charge in [0.15, 0.2) is 5.82 Å². The summed E-state index contributed by atoms with van der Waals surface area (Å²) in [4.78, 5) is 4.16. The smallest absolute Gasteiger partial charge is 0.321 e. The topological polar surface area (TPSA) is 51.0 Å². The van der Waals surface area contributed by atoms with Gasteiger partial charge in [0.2, 0.25) is 0 Å². The average molecular weight is 209 g/mol. The minimum Gasteiger partial charge on any atom is -0.335 e. The average Bonchev–Trinajstić information content (AvgIpc) is 2.58. The quantitative estimate of drug-likeness (QED) is 0.813. The third-order valence-electron chi connectivity index (χ3n) is 3.45. The second-order valence-electron chi connectivity index (χ2n) is 4.76. The van der Waals surface area contributed by atoms with E-state index in [1.54, 1.807) is 0 Å². The maximum Gasteiger partial charge on any atom is 0.321 e. The molecular weight excluding hydrogens is 190 g/mol. The fraction of sp³-hybridized carbons (Fsp3) is 0.818. The summed E-state index contributed by atoms with van der Waals surface area (Å²) in [5.74, 6) is 2.31. The van der Waals surface area contributed by atoms with Crippen LogP contribution >= 0.6 is 0 Å². The molecule has 0 aromatic carbocycles. The van der Waals surface area contributed by atoms with Crippen molar-refractivity contribution in [3.05, 3.63) is 5.82 Å². The first-order valence-electron chi connectivity index (χ1n) is 5.72. The lowest BCUT2D eigenvalue weighted by molar-refractivity contribution is 0.257. The van der Waals surface area contributed by atoms with E-state index >= 15 is 0 Å². The van der Waals surface area contributed by atoms with E-state index < -0.39 is 0 Å². The van der Waals surface area contributed by atoms with Gasteiger partial charge in [-0.3, -0.25) is 0 Å². The highest BCUT2D eigenvalue weighted by Gasteiger charge is 2.25. The molecule has 1 aliphatic rings. The normalized spacial score (nSPS) is 31.5. The Hall–Kier alpha value is -1.06. The molecule has 1 heterocycles. The number of nitrogens with zero attached hydrogens (tertiary/aromatic N) is 2. The molecule has 2 rings (SSSR count). The third-order valence-corrected chi connectivity index (χ3v) is 3.45. The number of aromatic nitrogens is 2. The SMILES string of the molecule is Cc1noc(NC2CCC(C)C(C)C2)n1. The van der Waals surface area contributed by atoms with Crippen molar-refractivity contribution >= 4 is 6.01 Å². The molecule has 3 unspecified atom stereocenters. The number of hydrogen-bond donors (Lipinski definition) is 1. The predicted molar refractivity (Wildman–Crippen MR) is 58.6 cm³/mol.